The van der Waals surface area contributed by atoms with Gasteiger partial charge in [-0.1, -0.05) is 23.2 Å². The Hall–Kier alpha value is -6.03. The molecule has 5 heterocycles. The van der Waals surface area contributed by atoms with Crippen LogP contribution in [0.3, 0.4) is 0 Å². The predicted molar refractivity (Wildman–Crippen MR) is 275 cm³/mol. The molecule has 4 aromatic heterocycles. The molecule has 2 aliphatic rings. The summed E-state index contributed by atoms with van der Waals surface area (Å²) in [4.78, 5) is 25.4. The largest absolute Gasteiger partial charge is 0.471 e. The van der Waals surface area contributed by atoms with E-state index in [1.165, 1.54) is 26.4 Å². The van der Waals surface area contributed by atoms with Gasteiger partial charge in [0.25, 0.3) is 0 Å². The second kappa shape index (κ2) is 23.1. The Morgan fingerprint density at radius 1 is 0.840 bits per heavy atom. The number of halogens is 5. The van der Waals surface area contributed by atoms with Gasteiger partial charge >= 0.3 is 6.18 Å². The van der Waals surface area contributed by atoms with Crippen LogP contribution in [0.5, 0.6) is 5.88 Å². The number of rotatable bonds is 14. The fourth-order valence-electron chi connectivity index (χ4n) is 7.54. The average Bonchev–Trinajstić information content (AvgIpc) is 3.97. The van der Waals surface area contributed by atoms with Gasteiger partial charge in [-0.2, -0.15) is 18.2 Å². The van der Waals surface area contributed by atoms with Crippen LogP contribution >= 0.6 is 23.2 Å². The van der Waals surface area contributed by atoms with Gasteiger partial charge in [0.05, 0.1) is 66.6 Å². The third kappa shape index (κ3) is 13.5. The molecule has 9 rings (SSSR count). The summed E-state index contributed by atoms with van der Waals surface area (Å²) < 4.78 is 97.4. The number of benzene rings is 3. The molecule has 1 saturated heterocycles. The molecule has 0 amide bonds. The van der Waals surface area contributed by atoms with E-state index in [0.29, 0.717) is 55.5 Å². The first-order chi connectivity index (χ1) is 35.3. The van der Waals surface area contributed by atoms with Crippen molar-refractivity contribution in [3.8, 4) is 17.1 Å². The lowest BCUT2D eigenvalue weighted by Crippen LogP contribution is -2.33. The zero-order valence-electron chi connectivity index (χ0n) is 41.0. The number of nitrogens with one attached hydrogen (secondary N) is 3. The van der Waals surface area contributed by atoms with E-state index in [0.717, 1.165) is 29.9 Å². The maximum absolute atomic E-state index is 13.2. The molecule has 1 aliphatic carbocycles. The van der Waals surface area contributed by atoms with E-state index in [-0.39, 0.29) is 22.7 Å². The first kappa shape index (κ1) is 56.7. The fourth-order valence-corrected chi connectivity index (χ4v) is 10.2. The van der Waals surface area contributed by atoms with Crippen molar-refractivity contribution in [1.82, 2.24) is 39.0 Å². The highest BCUT2D eigenvalue weighted by molar-refractivity contribution is 7.93. The molecule has 1 aliphatic heterocycles. The summed E-state index contributed by atoms with van der Waals surface area (Å²) in [5.74, 6) is 0.562. The molecule has 2 fully saturated rings. The van der Waals surface area contributed by atoms with E-state index in [9.17, 15) is 41.1 Å². The second-order valence-corrected chi connectivity index (χ2v) is 23.1. The lowest BCUT2D eigenvalue weighted by Gasteiger charge is -2.20. The Balaban J connectivity index is 0.000000167. The lowest BCUT2D eigenvalue weighted by atomic mass is 10.1. The standard InChI is InChI=1S/C18H21F3N4O3S.C18H21N5O2S.C12H12Cl2N2O4/c1-10(26)11(2)28-16-15(18(19,20)21)9-23-17(25-16)24-12-3-5-13(6-4-12)29(22,27)14-7-8-14;1-12(2)23-13(3)19-11-17(23)14-9-20-18(21-10-14)22-15-5-7-16(8-6-15)26(4,24)25;13-5-1-7-8(2-6(5)14)16(4-15-7)12-11(19)10(18)9(3-17)20-12/h3-6,9-11,14,22,26H,7-8H2,1-2H3,(H,23,24,25);5-12H,1-4H3,(H,20,21,22);1-2,4,9-12,17-19H,3H2/t10-,11-,29?;;9-,10-,11-,12-/m1.1/s1. The van der Waals surface area contributed by atoms with Crippen LogP contribution in [0.2, 0.25) is 10.0 Å². The van der Waals surface area contributed by atoms with Crippen LogP contribution in [0.4, 0.5) is 36.4 Å². The molecule has 3 aromatic carbocycles. The van der Waals surface area contributed by atoms with Crippen LogP contribution in [-0.4, -0.2) is 121 Å². The Labute approximate surface area is 439 Å². The van der Waals surface area contributed by atoms with Crippen LogP contribution < -0.4 is 15.4 Å². The Kier molecular flexibility index (Phi) is 17.4. The monoisotopic (exact) mass is 1120 g/mol. The average molecular weight is 1120 g/mol. The maximum atomic E-state index is 13.2. The predicted octanol–water partition coefficient (Wildman–Crippen LogP) is 8.29. The minimum atomic E-state index is -4.72. The van der Waals surface area contributed by atoms with Crippen molar-refractivity contribution in [3.63, 3.8) is 0 Å². The van der Waals surface area contributed by atoms with Crippen LogP contribution in [0, 0.1) is 11.7 Å². The van der Waals surface area contributed by atoms with Gasteiger partial charge in [0.1, 0.15) is 35.8 Å². The van der Waals surface area contributed by atoms with Gasteiger partial charge in [-0.15, -0.1) is 0 Å². The zero-order chi connectivity index (χ0) is 54.7. The van der Waals surface area contributed by atoms with Gasteiger partial charge in [-0.3, -0.25) is 0 Å². The van der Waals surface area contributed by atoms with Crippen LogP contribution in [-0.2, 0) is 30.5 Å². The molecule has 0 radical (unpaired) electrons. The quantitative estimate of drug-likeness (QED) is 0.0539. The Bertz CT molecular complexity index is 3330. The number of hydrogen-bond acceptors (Lipinski definition) is 18. The molecular weight excluding hydrogens is 1070 g/mol. The number of aliphatic hydroxyl groups excluding tert-OH is 4. The minimum Gasteiger partial charge on any atom is -0.471 e. The number of hydrogen-bond donors (Lipinski definition) is 7. The number of aromatic nitrogens is 8. The van der Waals surface area contributed by atoms with E-state index in [4.69, 9.17) is 42.6 Å². The molecule has 1 saturated carbocycles. The topological polar surface area (TPSA) is 286 Å². The summed E-state index contributed by atoms with van der Waals surface area (Å²) in [6.45, 7) is 8.63. The van der Waals surface area contributed by atoms with Gasteiger partial charge in [0, 0.05) is 58.0 Å². The van der Waals surface area contributed by atoms with Crippen molar-refractivity contribution in [2.24, 2.45) is 0 Å². The van der Waals surface area contributed by atoms with Gasteiger partial charge < -0.3 is 49.7 Å². The molecule has 7 N–H and O–H groups in total. The van der Waals surface area contributed by atoms with Crippen molar-refractivity contribution in [3.05, 3.63) is 113 Å². The third-order valence-electron chi connectivity index (χ3n) is 11.9. The van der Waals surface area contributed by atoms with E-state index in [1.54, 1.807) is 77.6 Å². The third-order valence-corrected chi connectivity index (χ3v) is 16.1. The number of ether oxygens (including phenoxy) is 2. The number of aliphatic hydroxyl groups is 4. The summed E-state index contributed by atoms with van der Waals surface area (Å²) in [5, 5.41) is 44.9. The number of alkyl halides is 3. The van der Waals surface area contributed by atoms with Crippen molar-refractivity contribution >= 4 is 77.1 Å². The molecule has 7 atom stereocenters. The smallest absolute Gasteiger partial charge is 0.423 e. The fraction of sp³-hybridized carbons (Fsp3) is 0.375. The van der Waals surface area contributed by atoms with Gasteiger partial charge in [0.15, 0.2) is 16.1 Å². The SMILES string of the molecule is C[C@@H](O)[C@@H](C)Oc1nc(Nc2ccc(S(=N)(=O)C3CC3)cc2)ncc1C(F)(F)F.Cc1ncc(-c2cnc(Nc3ccc(S(C)(=O)=O)cc3)nc2)n1C(C)C.OC[C@H]1O[C@@H](n2cnc3cc(Cl)c(Cl)cc32)[C@H](O)[C@@H]1O. The summed E-state index contributed by atoms with van der Waals surface area (Å²) in [6, 6.07) is 16.2. The highest BCUT2D eigenvalue weighted by atomic mass is 35.5. The second-order valence-electron chi connectivity index (χ2n) is 17.9. The number of imidazole rings is 2. The van der Waals surface area contributed by atoms with Crippen molar-refractivity contribution < 1.29 is 55.7 Å². The molecule has 0 spiro atoms. The zero-order valence-corrected chi connectivity index (χ0v) is 44.2. The van der Waals surface area contributed by atoms with E-state index in [1.807, 2.05) is 13.1 Å². The minimum absolute atomic E-state index is 0.116. The molecule has 0 bridgehead atoms. The number of anilines is 4. The van der Waals surface area contributed by atoms with Gasteiger partial charge in [0.2, 0.25) is 17.8 Å². The highest BCUT2D eigenvalue weighted by Crippen LogP contribution is 2.38. The molecule has 20 nitrogen and oxygen atoms in total. The number of aryl methyl sites for hydroxylation is 1. The molecule has 1 unspecified atom stereocenters. The number of fused-ring (bicyclic) bond motifs is 1. The molecule has 7 aromatic rings. The first-order valence-corrected chi connectivity index (χ1v) is 27.3. The lowest BCUT2D eigenvalue weighted by molar-refractivity contribution is -0.140. The Morgan fingerprint density at radius 3 is 1.95 bits per heavy atom. The Morgan fingerprint density at radius 2 is 1.41 bits per heavy atom. The van der Waals surface area contributed by atoms with Crippen molar-refractivity contribution in [2.75, 3.05) is 23.5 Å². The van der Waals surface area contributed by atoms with E-state index in [2.05, 4.69) is 59.0 Å². The molecule has 402 valence electrons. The maximum Gasteiger partial charge on any atom is 0.423 e. The van der Waals surface area contributed by atoms with E-state index < -0.39 is 73.9 Å². The van der Waals surface area contributed by atoms with Gasteiger partial charge in [-0.25, -0.2) is 42.3 Å². The van der Waals surface area contributed by atoms with Gasteiger partial charge in [-0.05, 0) is 108 Å². The summed E-state index contributed by atoms with van der Waals surface area (Å²) in [7, 11) is -6.04. The molecule has 27 heteroatoms. The summed E-state index contributed by atoms with van der Waals surface area (Å²) >= 11 is 11.9. The van der Waals surface area contributed by atoms with Crippen LogP contribution in [0.1, 0.15) is 64.2 Å². The molecular formula is C48H54Cl2F3N11O9S2. The normalized spacial score (nSPS) is 19.3. The molecule has 75 heavy (non-hydrogen) atoms. The summed E-state index contributed by atoms with van der Waals surface area (Å²) in [6.07, 6.45) is -0.516. The van der Waals surface area contributed by atoms with E-state index >= 15 is 0 Å². The first-order valence-electron chi connectivity index (χ1n) is 23.1. The highest BCUT2D eigenvalue weighted by Gasteiger charge is 2.44. The number of sulfone groups is 1. The summed E-state index contributed by atoms with van der Waals surface area (Å²) in [5.41, 5.74) is 3.09. The van der Waals surface area contributed by atoms with Crippen LogP contribution in [0.15, 0.2) is 102 Å². The number of nitrogens with zero attached hydrogens (tertiary/aromatic N) is 8. The van der Waals surface area contributed by atoms with Crippen molar-refractivity contribution in [1.29, 1.82) is 4.78 Å². The van der Waals surface area contributed by atoms with Crippen molar-refractivity contribution in [2.45, 2.75) is 111 Å². The van der Waals surface area contributed by atoms with Crippen LogP contribution in [0.25, 0.3) is 22.3 Å².